The molecule has 1 aliphatic rings. The molecule has 7 heteroatoms. The summed E-state index contributed by atoms with van der Waals surface area (Å²) in [6, 6.07) is 16.5. The van der Waals surface area contributed by atoms with E-state index in [0.29, 0.717) is 18.3 Å². The van der Waals surface area contributed by atoms with Crippen molar-refractivity contribution in [2.45, 2.75) is 39.2 Å². The van der Waals surface area contributed by atoms with Gasteiger partial charge in [0.15, 0.2) is 23.4 Å². The smallest absolute Gasteiger partial charge is 0.234 e. The molecule has 154 valence electrons. The molecule has 6 nitrogen and oxygen atoms in total. The Balaban J connectivity index is 1.39. The van der Waals surface area contributed by atoms with Crippen LogP contribution in [0.3, 0.4) is 0 Å². The lowest BCUT2D eigenvalue weighted by Crippen LogP contribution is -2.23. The van der Waals surface area contributed by atoms with Crippen molar-refractivity contribution >= 4 is 16.3 Å². The molecular weight excluding hydrogens is 396 g/mol. The molecule has 0 fully saturated rings. The number of fused-ring (bicyclic) bond motifs is 2. The second-order valence-electron chi connectivity index (χ2n) is 8.12. The maximum absolute atomic E-state index is 6.10. The predicted molar refractivity (Wildman–Crippen MR) is 116 cm³/mol. The first-order valence-corrected chi connectivity index (χ1v) is 11.1. The normalized spacial score (nSPS) is 16.9. The van der Waals surface area contributed by atoms with Crippen molar-refractivity contribution in [3.05, 3.63) is 70.5 Å². The summed E-state index contributed by atoms with van der Waals surface area (Å²) in [4.78, 5) is 0.769. The van der Waals surface area contributed by atoms with Gasteiger partial charge in [-0.2, -0.15) is 9.61 Å². The van der Waals surface area contributed by atoms with Crippen LogP contribution >= 0.6 is 11.3 Å². The van der Waals surface area contributed by atoms with E-state index in [9.17, 15) is 0 Å². The molecular formula is C23H24N4O2S. The van der Waals surface area contributed by atoms with E-state index in [-0.39, 0.29) is 12.0 Å². The molecule has 1 aliphatic heterocycles. The average Bonchev–Trinajstić information content (AvgIpc) is 3.34. The molecule has 0 saturated heterocycles. The number of para-hydroxylation sites is 2. The van der Waals surface area contributed by atoms with Gasteiger partial charge in [0.25, 0.3) is 0 Å². The molecule has 0 aliphatic carbocycles. The van der Waals surface area contributed by atoms with Gasteiger partial charge < -0.3 is 9.47 Å². The van der Waals surface area contributed by atoms with Gasteiger partial charge >= 0.3 is 0 Å². The van der Waals surface area contributed by atoms with Gasteiger partial charge in [0, 0.05) is 5.92 Å². The maximum Gasteiger partial charge on any atom is 0.234 e. The third-order valence-corrected chi connectivity index (χ3v) is 6.40. The molecule has 2 aromatic heterocycles. The molecule has 0 amide bonds. The lowest BCUT2D eigenvalue weighted by atomic mass is 9.97. The van der Waals surface area contributed by atoms with Gasteiger partial charge in [-0.15, -0.1) is 10.2 Å². The molecule has 0 N–H and O–H groups in total. The Bertz CT molecular complexity index is 1170. The Morgan fingerprint density at radius 2 is 1.80 bits per heavy atom. The number of aromatic nitrogens is 4. The fraction of sp³-hybridized carbons (Fsp3) is 0.348. The van der Waals surface area contributed by atoms with E-state index in [2.05, 4.69) is 55.2 Å². The second kappa shape index (κ2) is 7.72. The summed E-state index contributed by atoms with van der Waals surface area (Å²) in [5, 5.41) is 14.5. The van der Waals surface area contributed by atoms with Gasteiger partial charge in [0.2, 0.25) is 4.96 Å². The number of ether oxygens (including phenoxy) is 2. The Morgan fingerprint density at radius 3 is 2.57 bits per heavy atom. The predicted octanol–water partition coefficient (Wildman–Crippen LogP) is 5.05. The van der Waals surface area contributed by atoms with Crippen LogP contribution in [-0.4, -0.2) is 26.4 Å². The minimum absolute atomic E-state index is 0.182. The highest BCUT2D eigenvalue weighted by molar-refractivity contribution is 7.16. The summed E-state index contributed by atoms with van der Waals surface area (Å²) >= 11 is 1.57. The zero-order valence-corrected chi connectivity index (χ0v) is 18.1. The van der Waals surface area contributed by atoms with Gasteiger partial charge in [-0.1, -0.05) is 68.5 Å². The van der Waals surface area contributed by atoms with Crippen molar-refractivity contribution < 1.29 is 9.47 Å². The van der Waals surface area contributed by atoms with E-state index in [1.54, 1.807) is 15.9 Å². The SMILES string of the molecule is CC(C)Cc1ccc([C@H](C)c2nn3c([C@@H]4COc5ccccc5O4)nnc3s2)cc1. The van der Waals surface area contributed by atoms with Crippen LogP contribution in [0.5, 0.6) is 11.5 Å². The van der Waals surface area contributed by atoms with Crippen LogP contribution in [-0.2, 0) is 6.42 Å². The summed E-state index contributed by atoms with van der Waals surface area (Å²) in [5.74, 6) is 2.98. The monoisotopic (exact) mass is 420 g/mol. The van der Waals surface area contributed by atoms with E-state index in [1.165, 1.54) is 11.1 Å². The largest absolute Gasteiger partial charge is 0.485 e. The van der Waals surface area contributed by atoms with Gasteiger partial charge in [-0.3, -0.25) is 0 Å². The number of hydrogen-bond donors (Lipinski definition) is 0. The van der Waals surface area contributed by atoms with E-state index in [1.807, 2.05) is 24.3 Å². The van der Waals surface area contributed by atoms with Crippen LogP contribution in [0.1, 0.15) is 54.8 Å². The van der Waals surface area contributed by atoms with Crippen molar-refractivity contribution in [1.29, 1.82) is 0 Å². The van der Waals surface area contributed by atoms with Gasteiger partial charge in [0.1, 0.15) is 11.6 Å². The molecule has 0 saturated carbocycles. The molecule has 2 atom stereocenters. The average molecular weight is 421 g/mol. The van der Waals surface area contributed by atoms with E-state index >= 15 is 0 Å². The Morgan fingerprint density at radius 1 is 1.03 bits per heavy atom. The summed E-state index contributed by atoms with van der Waals surface area (Å²) in [7, 11) is 0. The van der Waals surface area contributed by atoms with Crippen LogP contribution in [0.4, 0.5) is 0 Å². The Hall–Kier alpha value is -2.93. The molecule has 2 aromatic carbocycles. The highest BCUT2D eigenvalue weighted by atomic mass is 32.1. The summed E-state index contributed by atoms with van der Waals surface area (Å²) in [5.41, 5.74) is 2.62. The molecule has 0 radical (unpaired) electrons. The van der Waals surface area contributed by atoms with E-state index in [4.69, 9.17) is 14.6 Å². The van der Waals surface area contributed by atoms with Crippen LogP contribution in [0, 0.1) is 5.92 Å². The molecule has 3 heterocycles. The summed E-state index contributed by atoms with van der Waals surface area (Å²) < 4.78 is 13.7. The number of rotatable bonds is 5. The summed E-state index contributed by atoms with van der Waals surface area (Å²) in [6.45, 7) is 7.05. The first-order valence-electron chi connectivity index (χ1n) is 10.3. The highest BCUT2D eigenvalue weighted by Gasteiger charge is 2.28. The van der Waals surface area contributed by atoms with Crippen LogP contribution in [0.15, 0.2) is 48.5 Å². The Labute approximate surface area is 179 Å². The Kier molecular flexibility index (Phi) is 4.90. The zero-order chi connectivity index (χ0) is 20.7. The topological polar surface area (TPSA) is 61.5 Å². The fourth-order valence-corrected chi connectivity index (χ4v) is 4.65. The van der Waals surface area contributed by atoms with Crippen molar-refractivity contribution in [2.75, 3.05) is 6.61 Å². The van der Waals surface area contributed by atoms with E-state index in [0.717, 1.165) is 27.9 Å². The number of benzene rings is 2. The van der Waals surface area contributed by atoms with Crippen molar-refractivity contribution in [3.63, 3.8) is 0 Å². The van der Waals surface area contributed by atoms with Crippen LogP contribution < -0.4 is 9.47 Å². The quantitative estimate of drug-likeness (QED) is 0.452. The molecule has 5 rings (SSSR count). The lowest BCUT2D eigenvalue weighted by Gasteiger charge is -2.24. The minimum atomic E-state index is -0.338. The number of hydrogen-bond acceptors (Lipinski definition) is 6. The third kappa shape index (κ3) is 3.54. The number of nitrogens with zero attached hydrogens (tertiary/aromatic N) is 4. The first kappa shape index (κ1) is 19.1. The van der Waals surface area contributed by atoms with Gasteiger partial charge in [0.05, 0.1) is 0 Å². The second-order valence-corrected chi connectivity index (χ2v) is 9.11. The van der Waals surface area contributed by atoms with Gasteiger partial charge in [-0.25, -0.2) is 0 Å². The van der Waals surface area contributed by atoms with Crippen LogP contribution in [0.2, 0.25) is 0 Å². The highest BCUT2D eigenvalue weighted by Crippen LogP contribution is 2.36. The molecule has 30 heavy (non-hydrogen) atoms. The summed E-state index contributed by atoms with van der Waals surface area (Å²) in [6.07, 6.45) is 0.761. The van der Waals surface area contributed by atoms with Crippen molar-refractivity contribution in [3.8, 4) is 11.5 Å². The van der Waals surface area contributed by atoms with E-state index < -0.39 is 0 Å². The molecule has 0 spiro atoms. The van der Waals surface area contributed by atoms with Crippen molar-refractivity contribution in [2.24, 2.45) is 5.92 Å². The minimum Gasteiger partial charge on any atom is -0.485 e. The van der Waals surface area contributed by atoms with Crippen LogP contribution in [0.25, 0.3) is 4.96 Å². The standard InChI is InChI=1S/C23H24N4O2S/c1-14(2)12-16-8-10-17(11-9-16)15(3)22-26-27-21(24-25-23(27)30-22)20-13-28-18-6-4-5-7-19(18)29-20/h4-11,14-15,20H,12-13H2,1-3H3/t15-,20-/m0/s1. The zero-order valence-electron chi connectivity index (χ0n) is 17.3. The lowest BCUT2D eigenvalue weighted by molar-refractivity contribution is 0.0836. The molecule has 0 bridgehead atoms. The first-order chi connectivity index (χ1) is 14.6. The van der Waals surface area contributed by atoms with Crippen molar-refractivity contribution in [1.82, 2.24) is 19.8 Å². The third-order valence-electron chi connectivity index (χ3n) is 5.32. The maximum atomic E-state index is 6.10. The molecule has 4 aromatic rings. The fourth-order valence-electron chi connectivity index (χ4n) is 3.73. The molecule has 0 unspecified atom stereocenters. The van der Waals surface area contributed by atoms with Gasteiger partial charge in [-0.05, 0) is 35.6 Å².